The third kappa shape index (κ3) is 4.40. The highest BCUT2D eigenvalue weighted by atomic mass is 32.1. The summed E-state index contributed by atoms with van der Waals surface area (Å²) in [6.07, 6.45) is 1.63. The van der Waals surface area contributed by atoms with E-state index in [1.807, 2.05) is 6.92 Å². The zero-order chi connectivity index (χ0) is 14.3. The van der Waals surface area contributed by atoms with E-state index in [1.165, 1.54) is 17.4 Å². The smallest absolute Gasteiger partial charge is 0.412 e. The minimum Gasteiger partial charge on any atom is -0.462 e. The molecule has 1 N–H and O–H groups in total. The predicted molar refractivity (Wildman–Crippen MR) is 74.8 cm³/mol. The van der Waals surface area contributed by atoms with E-state index in [2.05, 4.69) is 11.9 Å². The number of anilines is 1. The molecule has 0 unspecified atom stereocenters. The number of nitrogens with one attached hydrogen (secondary N) is 1. The first-order valence-electron chi connectivity index (χ1n) is 5.96. The molecule has 1 heterocycles. The van der Waals surface area contributed by atoms with E-state index in [9.17, 15) is 9.59 Å². The topological polar surface area (TPSA) is 64.6 Å². The van der Waals surface area contributed by atoms with Crippen LogP contribution < -0.4 is 5.32 Å². The van der Waals surface area contributed by atoms with E-state index in [-0.39, 0.29) is 13.2 Å². The summed E-state index contributed by atoms with van der Waals surface area (Å²) in [7, 11) is 0. The quantitative estimate of drug-likeness (QED) is 0.643. The normalized spacial score (nSPS) is 9.79. The molecule has 0 aliphatic rings. The second-order valence-corrected chi connectivity index (χ2v) is 4.68. The van der Waals surface area contributed by atoms with Crippen molar-refractivity contribution in [3.05, 3.63) is 29.2 Å². The number of hydrogen-bond donors (Lipinski definition) is 1. The maximum absolute atomic E-state index is 11.8. The highest BCUT2D eigenvalue weighted by Crippen LogP contribution is 2.29. The summed E-state index contributed by atoms with van der Waals surface area (Å²) in [4.78, 5) is 24.2. The molecule has 5 nitrogen and oxygen atoms in total. The number of rotatable bonds is 6. The molecule has 0 radical (unpaired) electrons. The Morgan fingerprint density at radius 3 is 2.74 bits per heavy atom. The van der Waals surface area contributed by atoms with Gasteiger partial charge in [0, 0.05) is 4.88 Å². The van der Waals surface area contributed by atoms with Gasteiger partial charge < -0.3 is 9.47 Å². The lowest BCUT2D eigenvalue weighted by Gasteiger charge is -2.05. The summed E-state index contributed by atoms with van der Waals surface area (Å²) >= 11 is 1.34. The number of esters is 1. The van der Waals surface area contributed by atoms with Crippen molar-refractivity contribution in [3.63, 3.8) is 0 Å². The van der Waals surface area contributed by atoms with Crippen LogP contribution in [0.15, 0.2) is 18.7 Å². The molecule has 0 saturated heterocycles. The standard InChI is InChI=1S/C13H17NO4S/c1-4-7-18-13(16)14-11-10(12(15)17-6-3)8-9(5-2)19-11/h4,8H,1,5-7H2,2-3H3,(H,14,16). The number of aryl methyl sites for hydroxylation is 1. The van der Waals surface area contributed by atoms with Gasteiger partial charge in [-0.3, -0.25) is 5.32 Å². The van der Waals surface area contributed by atoms with Gasteiger partial charge in [0.2, 0.25) is 0 Å². The second kappa shape index (κ2) is 7.58. The maximum Gasteiger partial charge on any atom is 0.412 e. The maximum atomic E-state index is 11.8. The molecule has 104 valence electrons. The largest absolute Gasteiger partial charge is 0.462 e. The molecule has 1 rings (SSSR count). The molecule has 0 atom stereocenters. The first-order chi connectivity index (χ1) is 9.12. The molecule has 0 aliphatic carbocycles. The molecule has 6 heteroatoms. The zero-order valence-corrected chi connectivity index (χ0v) is 11.8. The van der Waals surface area contributed by atoms with Crippen LogP contribution in [0.5, 0.6) is 0 Å². The lowest BCUT2D eigenvalue weighted by molar-refractivity contribution is 0.0528. The van der Waals surface area contributed by atoms with E-state index >= 15 is 0 Å². The Bertz CT molecular complexity index is 467. The Kier molecular flexibility index (Phi) is 6.08. The lowest BCUT2D eigenvalue weighted by atomic mass is 10.2. The fourth-order valence-corrected chi connectivity index (χ4v) is 2.30. The van der Waals surface area contributed by atoms with E-state index in [0.717, 1.165) is 11.3 Å². The van der Waals surface area contributed by atoms with Crippen molar-refractivity contribution in [1.29, 1.82) is 0 Å². The van der Waals surface area contributed by atoms with Crippen LogP contribution in [0.2, 0.25) is 0 Å². The van der Waals surface area contributed by atoms with Crippen molar-refractivity contribution in [2.75, 3.05) is 18.5 Å². The zero-order valence-electron chi connectivity index (χ0n) is 11.0. The lowest BCUT2D eigenvalue weighted by Crippen LogP contribution is -2.15. The van der Waals surface area contributed by atoms with E-state index in [1.54, 1.807) is 13.0 Å². The van der Waals surface area contributed by atoms with Gasteiger partial charge in [0.05, 0.1) is 12.2 Å². The van der Waals surface area contributed by atoms with Crippen molar-refractivity contribution in [2.24, 2.45) is 0 Å². The molecule has 1 amide bonds. The Hall–Kier alpha value is -1.82. The van der Waals surface area contributed by atoms with Crippen LogP contribution in [0.4, 0.5) is 9.80 Å². The number of amides is 1. The Labute approximate surface area is 116 Å². The van der Waals surface area contributed by atoms with Crippen molar-refractivity contribution in [1.82, 2.24) is 0 Å². The molecule has 0 bridgehead atoms. The molecule has 1 aromatic heterocycles. The van der Waals surface area contributed by atoms with Crippen LogP contribution in [-0.4, -0.2) is 25.3 Å². The van der Waals surface area contributed by atoms with Crippen molar-refractivity contribution in [3.8, 4) is 0 Å². The molecule has 1 aromatic rings. The molecular weight excluding hydrogens is 266 g/mol. The van der Waals surface area contributed by atoms with Gasteiger partial charge in [0.25, 0.3) is 0 Å². The summed E-state index contributed by atoms with van der Waals surface area (Å²) in [5, 5.41) is 3.00. The SMILES string of the molecule is C=CCOC(=O)Nc1sc(CC)cc1C(=O)OCC. The van der Waals surface area contributed by atoms with Gasteiger partial charge in [-0.25, -0.2) is 9.59 Å². The van der Waals surface area contributed by atoms with Crippen LogP contribution in [0.25, 0.3) is 0 Å². The third-order valence-corrected chi connectivity index (χ3v) is 3.37. The molecule has 0 fully saturated rings. The van der Waals surface area contributed by atoms with Crippen LogP contribution in [-0.2, 0) is 15.9 Å². The molecule has 0 aromatic carbocycles. The molecular formula is C13H17NO4S. The minimum atomic E-state index is -0.616. The van der Waals surface area contributed by atoms with Gasteiger partial charge in [0.15, 0.2) is 0 Å². The molecule has 0 spiro atoms. The van der Waals surface area contributed by atoms with Gasteiger partial charge >= 0.3 is 12.1 Å². The van der Waals surface area contributed by atoms with E-state index in [0.29, 0.717) is 10.6 Å². The number of ether oxygens (including phenoxy) is 2. The number of carbonyl (C=O) groups is 2. The van der Waals surface area contributed by atoms with E-state index in [4.69, 9.17) is 9.47 Å². The molecule has 0 saturated carbocycles. The Balaban J connectivity index is 2.85. The second-order valence-electron chi connectivity index (χ2n) is 3.54. The first kappa shape index (κ1) is 15.2. The minimum absolute atomic E-state index is 0.118. The first-order valence-corrected chi connectivity index (χ1v) is 6.78. The van der Waals surface area contributed by atoms with Crippen molar-refractivity contribution < 1.29 is 19.1 Å². The molecule has 19 heavy (non-hydrogen) atoms. The fourth-order valence-electron chi connectivity index (χ4n) is 1.33. The van der Waals surface area contributed by atoms with Crippen LogP contribution in [0, 0.1) is 0 Å². The van der Waals surface area contributed by atoms with Gasteiger partial charge in [0.1, 0.15) is 11.6 Å². The number of carbonyl (C=O) groups excluding carboxylic acids is 2. The van der Waals surface area contributed by atoms with Crippen LogP contribution >= 0.6 is 11.3 Å². The Morgan fingerprint density at radius 2 is 2.16 bits per heavy atom. The highest BCUT2D eigenvalue weighted by molar-refractivity contribution is 7.16. The summed E-state index contributed by atoms with van der Waals surface area (Å²) in [5.41, 5.74) is 0.360. The predicted octanol–water partition coefficient (Wildman–Crippen LogP) is 3.22. The fraction of sp³-hybridized carbons (Fsp3) is 0.385. The van der Waals surface area contributed by atoms with Crippen molar-refractivity contribution in [2.45, 2.75) is 20.3 Å². The summed E-state index contributed by atoms with van der Waals surface area (Å²) in [6.45, 7) is 7.56. The third-order valence-electron chi connectivity index (χ3n) is 2.17. The van der Waals surface area contributed by atoms with Gasteiger partial charge in [-0.1, -0.05) is 19.6 Å². The summed E-state index contributed by atoms with van der Waals surface area (Å²) in [5.74, 6) is -0.447. The van der Waals surface area contributed by atoms with Crippen LogP contribution in [0.3, 0.4) is 0 Å². The summed E-state index contributed by atoms with van der Waals surface area (Å²) < 4.78 is 9.77. The monoisotopic (exact) mass is 283 g/mol. The van der Waals surface area contributed by atoms with Crippen molar-refractivity contribution >= 4 is 28.4 Å². The Morgan fingerprint density at radius 1 is 1.42 bits per heavy atom. The highest BCUT2D eigenvalue weighted by Gasteiger charge is 2.18. The number of thiophene rings is 1. The number of hydrogen-bond acceptors (Lipinski definition) is 5. The molecule has 0 aliphatic heterocycles. The summed E-state index contributed by atoms with van der Waals surface area (Å²) in [6, 6.07) is 1.73. The van der Waals surface area contributed by atoms with Gasteiger partial charge in [-0.2, -0.15) is 0 Å². The van der Waals surface area contributed by atoms with Crippen LogP contribution in [0.1, 0.15) is 29.1 Å². The van der Waals surface area contributed by atoms with E-state index < -0.39 is 12.1 Å². The van der Waals surface area contributed by atoms with Gasteiger partial charge in [-0.05, 0) is 19.4 Å². The van der Waals surface area contributed by atoms with Gasteiger partial charge in [-0.15, -0.1) is 11.3 Å². The average Bonchev–Trinajstić information content (AvgIpc) is 2.79. The average molecular weight is 283 g/mol.